The molecule has 0 radical (unpaired) electrons. The maximum absolute atomic E-state index is 4.46. The van der Waals surface area contributed by atoms with E-state index in [0.29, 0.717) is 0 Å². The summed E-state index contributed by atoms with van der Waals surface area (Å²) in [6, 6.07) is 0. The zero-order valence-electron chi connectivity index (χ0n) is 13.1. The van der Waals surface area contributed by atoms with Crippen molar-refractivity contribution in [3.05, 3.63) is 16.1 Å². The van der Waals surface area contributed by atoms with E-state index in [1.165, 1.54) is 19.5 Å². The van der Waals surface area contributed by atoms with E-state index < -0.39 is 0 Å². The van der Waals surface area contributed by atoms with Crippen LogP contribution >= 0.6 is 35.3 Å². The van der Waals surface area contributed by atoms with E-state index in [2.05, 4.69) is 37.9 Å². The Bertz CT molecular complexity index is 448. The van der Waals surface area contributed by atoms with Gasteiger partial charge in [-0.25, -0.2) is 4.98 Å². The van der Waals surface area contributed by atoms with Gasteiger partial charge < -0.3 is 15.5 Å². The molecule has 120 valence electrons. The third-order valence-corrected chi connectivity index (χ3v) is 4.43. The molecule has 0 aromatic carbocycles. The fourth-order valence-corrected chi connectivity index (χ4v) is 3.13. The number of guanidine groups is 1. The number of thiazole rings is 1. The summed E-state index contributed by atoms with van der Waals surface area (Å²) in [7, 11) is 4.01. The Labute approximate surface area is 148 Å². The maximum atomic E-state index is 4.46. The lowest BCUT2D eigenvalue weighted by molar-refractivity contribution is 0.394. The van der Waals surface area contributed by atoms with Crippen LogP contribution in [0.2, 0.25) is 0 Å². The number of aromatic nitrogens is 1. The lowest BCUT2D eigenvalue weighted by atomic mass is 10.1. The van der Waals surface area contributed by atoms with Crippen LogP contribution in [-0.2, 0) is 6.42 Å². The maximum Gasteiger partial charge on any atom is 0.190 e. The Hall–Kier alpha value is -0.410. The first kappa shape index (κ1) is 18.6. The number of nitrogens with zero attached hydrogens (tertiary/aromatic N) is 3. The Morgan fingerprint density at radius 2 is 2.33 bits per heavy atom. The molecule has 1 aliphatic heterocycles. The fourth-order valence-electron chi connectivity index (χ4n) is 2.49. The van der Waals surface area contributed by atoms with Crippen LogP contribution in [0.25, 0.3) is 0 Å². The Kier molecular flexibility index (Phi) is 8.50. The van der Waals surface area contributed by atoms with E-state index >= 15 is 0 Å². The highest BCUT2D eigenvalue weighted by Crippen LogP contribution is 2.12. The van der Waals surface area contributed by atoms with Crippen LogP contribution in [0.3, 0.4) is 0 Å². The van der Waals surface area contributed by atoms with E-state index in [0.717, 1.165) is 42.1 Å². The molecule has 21 heavy (non-hydrogen) atoms. The van der Waals surface area contributed by atoms with Crippen LogP contribution in [0.5, 0.6) is 0 Å². The number of halogens is 1. The molecule has 1 aromatic rings. The molecule has 0 spiro atoms. The van der Waals surface area contributed by atoms with Crippen molar-refractivity contribution in [2.75, 3.05) is 40.3 Å². The molecule has 0 saturated carbocycles. The molecule has 0 aliphatic carbocycles. The van der Waals surface area contributed by atoms with Gasteiger partial charge in [-0.3, -0.25) is 4.99 Å². The minimum atomic E-state index is 0. The number of hydrogen-bond acceptors (Lipinski definition) is 4. The molecule has 1 aliphatic rings. The molecular weight excluding hydrogens is 397 g/mol. The zero-order valence-corrected chi connectivity index (χ0v) is 16.2. The Morgan fingerprint density at radius 3 is 2.90 bits per heavy atom. The number of rotatable bonds is 5. The average Bonchev–Trinajstić information content (AvgIpc) is 3.02. The van der Waals surface area contributed by atoms with Crippen molar-refractivity contribution in [2.45, 2.75) is 19.8 Å². The summed E-state index contributed by atoms with van der Waals surface area (Å²) in [4.78, 5) is 11.1. The van der Waals surface area contributed by atoms with E-state index in [4.69, 9.17) is 0 Å². The van der Waals surface area contributed by atoms with Crippen molar-refractivity contribution < 1.29 is 0 Å². The molecule has 1 unspecified atom stereocenters. The van der Waals surface area contributed by atoms with E-state index in [1.807, 2.05) is 14.0 Å². The molecule has 0 bridgehead atoms. The minimum absolute atomic E-state index is 0. The molecule has 5 nitrogen and oxygen atoms in total. The van der Waals surface area contributed by atoms with Crippen molar-refractivity contribution in [3.8, 4) is 0 Å². The second-order valence-electron chi connectivity index (χ2n) is 5.40. The lowest BCUT2D eigenvalue weighted by Crippen LogP contribution is -2.41. The summed E-state index contributed by atoms with van der Waals surface area (Å²) in [6.45, 7) is 6.30. The SMILES string of the molecule is CN=C(NCCc1csc(C)n1)NCC1CCN(C)C1.I. The fraction of sp³-hybridized carbons (Fsp3) is 0.714. The largest absolute Gasteiger partial charge is 0.356 e. The van der Waals surface area contributed by atoms with Gasteiger partial charge >= 0.3 is 0 Å². The minimum Gasteiger partial charge on any atom is -0.356 e. The predicted molar refractivity (Wildman–Crippen MR) is 101 cm³/mol. The first-order valence-electron chi connectivity index (χ1n) is 7.21. The average molecular weight is 423 g/mol. The zero-order chi connectivity index (χ0) is 14.4. The molecule has 0 amide bonds. The monoisotopic (exact) mass is 423 g/mol. The van der Waals surface area contributed by atoms with Crippen LogP contribution in [0.1, 0.15) is 17.1 Å². The van der Waals surface area contributed by atoms with Crippen molar-refractivity contribution in [3.63, 3.8) is 0 Å². The summed E-state index contributed by atoms with van der Waals surface area (Å²) >= 11 is 1.71. The molecule has 2 rings (SSSR count). The number of likely N-dealkylation sites (tertiary alicyclic amines) is 1. The number of nitrogens with one attached hydrogen (secondary N) is 2. The second-order valence-corrected chi connectivity index (χ2v) is 6.47. The molecule has 2 heterocycles. The summed E-state index contributed by atoms with van der Waals surface area (Å²) in [6.07, 6.45) is 2.22. The smallest absolute Gasteiger partial charge is 0.190 e. The summed E-state index contributed by atoms with van der Waals surface area (Å²) in [5.41, 5.74) is 1.16. The van der Waals surface area contributed by atoms with Gasteiger partial charge in [0.1, 0.15) is 0 Å². The van der Waals surface area contributed by atoms with Crippen molar-refractivity contribution in [2.24, 2.45) is 10.9 Å². The number of aliphatic imine (C=N–C) groups is 1. The van der Waals surface area contributed by atoms with Gasteiger partial charge in [-0.2, -0.15) is 0 Å². The molecular formula is C14H26IN5S. The number of aryl methyl sites for hydroxylation is 1. The summed E-state index contributed by atoms with van der Waals surface area (Å²) in [5, 5.41) is 10.0. The van der Waals surface area contributed by atoms with Crippen LogP contribution < -0.4 is 10.6 Å². The lowest BCUT2D eigenvalue weighted by Gasteiger charge is -2.15. The van der Waals surface area contributed by atoms with Gasteiger partial charge in [0.25, 0.3) is 0 Å². The standard InChI is InChI=1S/C14H25N5S.HI/c1-11-18-13(10-20-11)4-6-16-14(15-2)17-8-12-5-7-19(3)9-12;/h10,12H,4-9H2,1-3H3,(H2,15,16,17);1H. The second kappa shape index (κ2) is 9.58. The molecule has 2 N–H and O–H groups in total. The van der Waals surface area contributed by atoms with Crippen LogP contribution in [-0.4, -0.2) is 56.1 Å². The quantitative estimate of drug-likeness (QED) is 0.431. The van der Waals surface area contributed by atoms with Crippen molar-refractivity contribution in [1.82, 2.24) is 20.5 Å². The van der Waals surface area contributed by atoms with E-state index in [-0.39, 0.29) is 24.0 Å². The van der Waals surface area contributed by atoms with Gasteiger partial charge in [0.2, 0.25) is 0 Å². The molecule has 7 heteroatoms. The topological polar surface area (TPSA) is 52.6 Å². The van der Waals surface area contributed by atoms with Gasteiger partial charge in [0.15, 0.2) is 5.96 Å². The summed E-state index contributed by atoms with van der Waals surface area (Å²) < 4.78 is 0. The van der Waals surface area contributed by atoms with Gasteiger partial charge in [-0.05, 0) is 32.9 Å². The predicted octanol–water partition coefficient (Wildman–Crippen LogP) is 1.73. The highest BCUT2D eigenvalue weighted by molar-refractivity contribution is 14.0. The van der Waals surface area contributed by atoms with Crippen molar-refractivity contribution in [1.29, 1.82) is 0 Å². The summed E-state index contributed by atoms with van der Waals surface area (Å²) in [5.74, 6) is 1.63. The first-order chi connectivity index (χ1) is 9.67. The normalized spacial score (nSPS) is 19.4. The number of hydrogen-bond donors (Lipinski definition) is 2. The third kappa shape index (κ3) is 6.48. The molecule has 1 aromatic heterocycles. The van der Waals surface area contributed by atoms with Gasteiger partial charge in [0, 0.05) is 38.5 Å². The van der Waals surface area contributed by atoms with Crippen molar-refractivity contribution >= 4 is 41.3 Å². The molecule has 1 atom stereocenters. The first-order valence-corrected chi connectivity index (χ1v) is 8.09. The highest BCUT2D eigenvalue weighted by atomic mass is 127. The van der Waals surface area contributed by atoms with Crippen LogP contribution in [0.4, 0.5) is 0 Å². The van der Waals surface area contributed by atoms with Gasteiger partial charge in [-0.1, -0.05) is 0 Å². The molecule has 1 saturated heterocycles. The van der Waals surface area contributed by atoms with E-state index in [9.17, 15) is 0 Å². The van der Waals surface area contributed by atoms with Crippen LogP contribution in [0, 0.1) is 12.8 Å². The van der Waals surface area contributed by atoms with Crippen LogP contribution in [0.15, 0.2) is 10.4 Å². The third-order valence-electron chi connectivity index (χ3n) is 3.61. The Morgan fingerprint density at radius 1 is 1.52 bits per heavy atom. The van der Waals surface area contributed by atoms with Gasteiger partial charge in [0.05, 0.1) is 10.7 Å². The Balaban J connectivity index is 0.00000220. The highest BCUT2D eigenvalue weighted by Gasteiger charge is 2.19. The van der Waals surface area contributed by atoms with E-state index in [1.54, 1.807) is 11.3 Å². The van der Waals surface area contributed by atoms with Gasteiger partial charge in [-0.15, -0.1) is 35.3 Å². The molecule has 1 fully saturated rings.